The summed E-state index contributed by atoms with van der Waals surface area (Å²) in [7, 11) is 0. The topological polar surface area (TPSA) is 35.2 Å². The molecule has 1 aromatic rings. The number of aryl methyl sites for hydroxylation is 1. The average molecular weight is 205 g/mol. The molecule has 0 aromatic heterocycles. The lowest BCUT2D eigenvalue weighted by Gasteiger charge is -2.29. The van der Waals surface area contributed by atoms with Crippen molar-refractivity contribution in [1.29, 1.82) is 0 Å². The van der Waals surface area contributed by atoms with Crippen LogP contribution in [0, 0.1) is 12.8 Å². The first-order valence-electron chi connectivity index (χ1n) is 5.64. The van der Waals surface area contributed by atoms with Gasteiger partial charge in [-0.2, -0.15) is 0 Å². The van der Waals surface area contributed by atoms with Crippen molar-refractivity contribution in [2.75, 3.05) is 19.8 Å². The van der Waals surface area contributed by atoms with Crippen molar-refractivity contribution >= 4 is 0 Å². The first kappa shape index (κ1) is 10.7. The van der Waals surface area contributed by atoms with E-state index in [1.54, 1.807) is 0 Å². The van der Waals surface area contributed by atoms with Gasteiger partial charge in [-0.15, -0.1) is 0 Å². The van der Waals surface area contributed by atoms with Crippen molar-refractivity contribution in [2.45, 2.75) is 19.3 Å². The maximum Gasteiger partial charge on any atom is 0.0516 e. The molecular weight excluding hydrogens is 186 g/mol. The molecular formula is C13H19NO. The van der Waals surface area contributed by atoms with Crippen molar-refractivity contribution in [2.24, 2.45) is 11.7 Å². The van der Waals surface area contributed by atoms with Crippen LogP contribution < -0.4 is 5.73 Å². The molecule has 1 aliphatic heterocycles. The maximum atomic E-state index is 5.84. The Labute approximate surface area is 91.4 Å². The second kappa shape index (κ2) is 4.77. The summed E-state index contributed by atoms with van der Waals surface area (Å²) in [5.41, 5.74) is 8.54. The van der Waals surface area contributed by atoms with E-state index in [0.29, 0.717) is 5.92 Å². The Kier molecular flexibility index (Phi) is 3.39. The molecule has 1 aromatic carbocycles. The molecule has 2 heteroatoms. The van der Waals surface area contributed by atoms with E-state index in [-0.39, 0.29) is 0 Å². The molecule has 2 N–H and O–H groups in total. The van der Waals surface area contributed by atoms with Crippen LogP contribution in [0.4, 0.5) is 0 Å². The van der Waals surface area contributed by atoms with Crippen molar-refractivity contribution in [3.63, 3.8) is 0 Å². The minimum atomic E-state index is 0.499. The lowest BCUT2D eigenvalue weighted by atomic mass is 9.87. The molecule has 0 saturated carbocycles. The van der Waals surface area contributed by atoms with Crippen LogP contribution in [0.2, 0.25) is 0 Å². The number of benzene rings is 1. The molecule has 0 bridgehead atoms. The second-order valence-electron chi connectivity index (χ2n) is 4.49. The lowest BCUT2D eigenvalue weighted by Crippen LogP contribution is -2.30. The third-order valence-corrected chi connectivity index (χ3v) is 3.12. The molecule has 1 heterocycles. The monoisotopic (exact) mass is 205 g/mol. The normalized spacial score (nSPS) is 18.5. The van der Waals surface area contributed by atoms with Gasteiger partial charge < -0.3 is 10.5 Å². The zero-order chi connectivity index (χ0) is 10.7. The highest BCUT2D eigenvalue weighted by Crippen LogP contribution is 2.27. The third-order valence-electron chi connectivity index (χ3n) is 3.12. The fraction of sp³-hybridized carbons (Fsp3) is 0.538. The molecule has 0 radical (unpaired) electrons. The first-order chi connectivity index (χ1) is 7.29. The van der Waals surface area contributed by atoms with Crippen LogP contribution in [0.5, 0.6) is 0 Å². The third kappa shape index (κ3) is 2.58. The van der Waals surface area contributed by atoms with E-state index in [1.165, 1.54) is 17.5 Å². The predicted octanol–water partition coefficient (Wildman–Crippen LogP) is 2.07. The number of hydrogen-bond acceptors (Lipinski definition) is 2. The van der Waals surface area contributed by atoms with Crippen molar-refractivity contribution in [3.8, 4) is 0 Å². The van der Waals surface area contributed by atoms with Crippen molar-refractivity contribution in [1.82, 2.24) is 0 Å². The van der Waals surface area contributed by atoms with Gasteiger partial charge in [-0.25, -0.2) is 0 Å². The summed E-state index contributed by atoms with van der Waals surface area (Å²) < 4.78 is 5.20. The highest BCUT2D eigenvalue weighted by molar-refractivity contribution is 5.25. The average Bonchev–Trinajstić information content (AvgIpc) is 2.16. The molecule has 1 unspecified atom stereocenters. The van der Waals surface area contributed by atoms with Gasteiger partial charge in [0, 0.05) is 5.92 Å². The molecule has 2 nitrogen and oxygen atoms in total. The van der Waals surface area contributed by atoms with E-state index < -0.39 is 0 Å². The van der Waals surface area contributed by atoms with Crippen molar-refractivity contribution < 1.29 is 4.74 Å². The molecule has 1 atom stereocenters. The summed E-state index contributed by atoms with van der Waals surface area (Å²) in [5, 5.41) is 0. The summed E-state index contributed by atoms with van der Waals surface area (Å²) in [6.07, 6.45) is 1.17. The van der Waals surface area contributed by atoms with Gasteiger partial charge in [0.15, 0.2) is 0 Å². The fourth-order valence-corrected chi connectivity index (χ4v) is 2.12. The van der Waals surface area contributed by atoms with E-state index in [0.717, 1.165) is 25.7 Å². The first-order valence-corrected chi connectivity index (χ1v) is 5.64. The van der Waals surface area contributed by atoms with Gasteiger partial charge in [-0.05, 0) is 31.4 Å². The summed E-state index contributed by atoms with van der Waals surface area (Å²) in [6, 6.07) is 8.68. The SMILES string of the molecule is Cc1cccc(C(CN)CC2COC2)c1. The summed E-state index contributed by atoms with van der Waals surface area (Å²) in [6.45, 7) is 4.70. The Balaban J connectivity index is 2.04. The van der Waals surface area contributed by atoms with Gasteiger partial charge in [0.2, 0.25) is 0 Å². The Morgan fingerprint density at radius 2 is 2.27 bits per heavy atom. The van der Waals surface area contributed by atoms with Crippen LogP contribution in [0.25, 0.3) is 0 Å². The Hall–Kier alpha value is -0.860. The lowest BCUT2D eigenvalue weighted by molar-refractivity contribution is -0.0382. The standard InChI is InChI=1S/C13H19NO/c1-10-3-2-4-12(5-10)13(7-14)6-11-8-15-9-11/h2-5,11,13H,6-9,14H2,1H3. The number of nitrogens with two attached hydrogens (primary N) is 1. The number of rotatable bonds is 4. The van der Waals surface area contributed by atoms with Gasteiger partial charge in [-0.3, -0.25) is 0 Å². The van der Waals surface area contributed by atoms with Crippen molar-refractivity contribution in [3.05, 3.63) is 35.4 Å². The molecule has 1 fully saturated rings. The van der Waals surface area contributed by atoms with E-state index in [2.05, 4.69) is 31.2 Å². The van der Waals surface area contributed by atoms with Crippen LogP contribution in [-0.4, -0.2) is 19.8 Å². The quantitative estimate of drug-likeness (QED) is 0.816. The molecule has 82 valence electrons. The van der Waals surface area contributed by atoms with Gasteiger partial charge in [0.25, 0.3) is 0 Å². The smallest absolute Gasteiger partial charge is 0.0516 e. The predicted molar refractivity (Wildman–Crippen MR) is 61.9 cm³/mol. The molecule has 1 saturated heterocycles. The van der Waals surface area contributed by atoms with Gasteiger partial charge in [-0.1, -0.05) is 29.8 Å². The van der Waals surface area contributed by atoms with E-state index in [9.17, 15) is 0 Å². The number of hydrogen-bond donors (Lipinski definition) is 1. The zero-order valence-electron chi connectivity index (χ0n) is 9.28. The maximum absolute atomic E-state index is 5.84. The van der Waals surface area contributed by atoms with Gasteiger partial charge >= 0.3 is 0 Å². The second-order valence-corrected chi connectivity index (χ2v) is 4.49. The molecule has 15 heavy (non-hydrogen) atoms. The Bertz CT molecular complexity index is 320. The van der Waals surface area contributed by atoms with E-state index in [4.69, 9.17) is 10.5 Å². The Morgan fingerprint density at radius 1 is 1.47 bits per heavy atom. The number of ether oxygens (including phenoxy) is 1. The van der Waals surface area contributed by atoms with E-state index >= 15 is 0 Å². The molecule has 0 amide bonds. The van der Waals surface area contributed by atoms with Crippen LogP contribution >= 0.6 is 0 Å². The molecule has 1 aliphatic rings. The summed E-state index contributed by atoms with van der Waals surface area (Å²) >= 11 is 0. The Morgan fingerprint density at radius 3 is 2.80 bits per heavy atom. The highest BCUT2D eigenvalue weighted by Gasteiger charge is 2.23. The summed E-state index contributed by atoms with van der Waals surface area (Å²) in [5.74, 6) is 1.22. The zero-order valence-corrected chi connectivity index (χ0v) is 9.28. The van der Waals surface area contributed by atoms with Gasteiger partial charge in [0.1, 0.15) is 0 Å². The minimum Gasteiger partial charge on any atom is -0.381 e. The van der Waals surface area contributed by atoms with Crippen LogP contribution in [0.15, 0.2) is 24.3 Å². The molecule has 2 rings (SSSR count). The summed E-state index contributed by atoms with van der Waals surface area (Å²) in [4.78, 5) is 0. The van der Waals surface area contributed by atoms with E-state index in [1.807, 2.05) is 0 Å². The van der Waals surface area contributed by atoms with Crippen LogP contribution in [0.1, 0.15) is 23.5 Å². The van der Waals surface area contributed by atoms with Gasteiger partial charge in [0.05, 0.1) is 13.2 Å². The molecule has 0 spiro atoms. The fourth-order valence-electron chi connectivity index (χ4n) is 2.12. The molecule has 0 aliphatic carbocycles. The largest absolute Gasteiger partial charge is 0.381 e. The minimum absolute atomic E-state index is 0.499. The highest BCUT2D eigenvalue weighted by atomic mass is 16.5. The van der Waals surface area contributed by atoms with Crippen LogP contribution in [0.3, 0.4) is 0 Å². The van der Waals surface area contributed by atoms with Crippen LogP contribution in [-0.2, 0) is 4.74 Å².